The van der Waals surface area contributed by atoms with Crippen molar-refractivity contribution in [2.75, 3.05) is 13.2 Å². The maximum atomic E-state index is 5.84. The van der Waals surface area contributed by atoms with Gasteiger partial charge in [-0.2, -0.15) is 0 Å². The third kappa shape index (κ3) is 3.22. The van der Waals surface area contributed by atoms with E-state index >= 15 is 0 Å². The second-order valence-electron chi connectivity index (χ2n) is 6.08. The molecule has 0 bridgehead atoms. The SMILES string of the molecule is S=C1N[C@H](c2ccccn2)[C@@H](c2cc(Br)cs2)N1C[C@H]1CCCO1. The zero-order valence-electron chi connectivity index (χ0n) is 13.0. The molecule has 126 valence electrons. The van der Waals surface area contributed by atoms with E-state index in [1.54, 1.807) is 11.3 Å². The van der Waals surface area contributed by atoms with Crippen LogP contribution in [0.4, 0.5) is 0 Å². The molecule has 0 saturated carbocycles. The molecule has 4 nitrogen and oxygen atoms in total. The third-order valence-corrected chi connectivity index (χ3v) is 6.62. The highest BCUT2D eigenvalue weighted by Crippen LogP contribution is 2.42. The molecule has 0 aromatic carbocycles. The summed E-state index contributed by atoms with van der Waals surface area (Å²) in [6.07, 6.45) is 4.34. The van der Waals surface area contributed by atoms with Crippen molar-refractivity contribution in [2.45, 2.75) is 31.0 Å². The van der Waals surface area contributed by atoms with Crippen LogP contribution in [0.2, 0.25) is 0 Å². The first-order valence-electron chi connectivity index (χ1n) is 8.06. The summed E-state index contributed by atoms with van der Waals surface area (Å²) in [5, 5.41) is 6.39. The predicted octanol–water partition coefficient (Wildman–Crippen LogP) is 4.06. The van der Waals surface area contributed by atoms with Crippen LogP contribution in [0.25, 0.3) is 0 Å². The molecule has 2 aromatic heterocycles. The Morgan fingerprint density at radius 1 is 1.46 bits per heavy atom. The van der Waals surface area contributed by atoms with Gasteiger partial charge in [-0.1, -0.05) is 6.07 Å². The Bertz CT molecular complexity index is 718. The molecule has 1 N–H and O–H groups in total. The van der Waals surface area contributed by atoms with Crippen molar-refractivity contribution in [3.8, 4) is 0 Å². The van der Waals surface area contributed by atoms with Crippen molar-refractivity contribution >= 4 is 44.6 Å². The van der Waals surface area contributed by atoms with Crippen LogP contribution in [0, 0.1) is 0 Å². The van der Waals surface area contributed by atoms with Crippen LogP contribution in [0.5, 0.6) is 0 Å². The van der Waals surface area contributed by atoms with Gasteiger partial charge in [-0.3, -0.25) is 4.98 Å². The number of halogens is 1. The summed E-state index contributed by atoms with van der Waals surface area (Å²) in [4.78, 5) is 8.12. The number of nitrogens with zero attached hydrogens (tertiary/aromatic N) is 2. The molecule has 4 rings (SSSR count). The normalized spacial score (nSPS) is 26.8. The van der Waals surface area contributed by atoms with E-state index in [9.17, 15) is 0 Å². The standard InChI is InChI=1S/C17H18BrN3OS2/c18-11-8-14(24-10-11)16-15(13-5-1-2-6-19-13)20-17(23)21(16)9-12-4-3-7-22-12/h1-2,5-6,8,10,12,15-16H,3-4,7,9H2,(H,20,23)/t12-,15-,16-/m1/s1. The Balaban J connectivity index is 1.67. The second-order valence-corrected chi connectivity index (χ2v) is 8.33. The Kier molecular flexibility index (Phi) is 4.85. The first-order chi connectivity index (χ1) is 11.7. The molecule has 0 spiro atoms. The lowest BCUT2D eigenvalue weighted by atomic mass is 10.0. The Morgan fingerprint density at radius 2 is 2.38 bits per heavy atom. The third-order valence-electron chi connectivity index (χ3n) is 4.50. The van der Waals surface area contributed by atoms with Crippen LogP contribution in [-0.2, 0) is 4.74 Å². The van der Waals surface area contributed by atoms with Crippen molar-refractivity contribution in [1.29, 1.82) is 0 Å². The average molecular weight is 424 g/mol. The summed E-state index contributed by atoms with van der Waals surface area (Å²) in [7, 11) is 0. The highest BCUT2D eigenvalue weighted by atomic mass is 79.9. The average Bonchev–Trinajstić information content (AvgIpc) is 3.31. The van der Waals surface area contributed by atoms with E-state index < -0.39 is 0 Å². The molecule has 2 aromatic rings. The van der Waals surface area contributed by atoms with E-state index in [2.05, 4.69) is 48.6 Å². The van der Waals surface area contributed by atoms with Gasteiger partial charge in [0.05, 0.1) is 23.9 Å². The molecule has 0 aliphatic carbocycles. The molecule has 0 amide bonds. The fourth-order valence-electron chi connectivity index (χ4n) is 3.40. The zero-order valence-corrected chi connectivity index (χ0v) is 16.2. The summed E-state index contributed by atoms with van der Waals surface area (Å²) in [6.45, 7) is 1.69. The molecule has 4 heterocycles. The quantitative estimate of drug-likeness (QED) is 0.750. The van der Waals surface area contributed by atoms with E-state index in [1.165, 1.54) is 4.88 Å². The number of rotatable bonds is 4. The fourth-order valence-corrected chi connectivity index (χ4v) is 5.31. The number of ether oxygens (including phenoxy) is 1. The summed E-state index contributed by atoms with van der Waals surface area (Å²) < 4.78 is 6.95. The Morgan fingerprint density at radius 3 is 3.04 bits per heavy atom. The minimum absolute atomic E-state index is 0.0608. The molecule has 7 heteroatoms. The minimum Gasteiger partial charge on any atom is -0.376 e. The highest BCUT2D eigenvalue weighted by Gasteiger charge is 2.41. The first kappa shape index (κ1) is 16.4. The fraction of sp³-hybridized carbons (Fsp3) is 0.412. The van der Waals surface area contributed by atoms with Crippen LogP contribution >= 0.6 is 39.5 Å². The van der Waals surface area contributed by atoms with Crippen molar-refractivity contribution in [1.82, 2.24) is 15.2 Å². The van der Waals surface area contributed by atoms with E-state index in [0.29, 0.717) is 0 Å². The van der Waals surface area contributed by atoms with Gasteiger partial charge in [0.25, 0.3) is 0 Å². The highest BCUT2D eigenvalue weighted by molar-refractivity contribution is 9.10. The van der Waals surface area contributed by atoms with E-state index in [4.69, 9.17) is 17.0 Å². The summed E-state index contributed by atoms with van der Waals surface area (Å²) in [6, 6.07) is 8.42. The molecule has 0 radical (unpaired) electrons. The van der Waals surface area contributed by atoms with Gasteiger partial charge in [0.15, 0.2) is 5.11 Å². The summed E-state index contributed by atoms with van der Waals surface area (Å²) in [5.41, 5.74) is 1.02. The van der Waals surface area contributed by atoms with Gasteiger partial charge in [0, 0.05) is 34.1 Å². The monoisotopic (exact) mass is 423 g/mol. The van der Waals surface area contributed by atoms with Crippen LogP contribution in [0.15, 0.2) is 40.3 Å². The van der Waals surface area contributed by atoms with Gasteiger partial charge in [-0.15, -0.1) is 11.3 Å². The van der Waals surface area contributed by atoms with Crippen molar-refractivity contribution in [3.63, 3.8) is 0 Å². The minimum atomic E-state index is 0.0608. The molecule has 2 aliphatic heterocycles. The molecule has 0 unspecified atom stereocenters. The Labute approximate surface area is 159 Å². The lowest BCUT2D eigenvalue weighted by molar-refractivity contribution is 0.0846. The van der Waals surface area contributed by atoms with Gasteiger partial charge in [-0.25, -0.2) is 0 Å². The molecule has 24 heavy (non-hydrogen) atoms. The predicted molar refractivity (Wildman–Crippen MR) is 103 cm³/mol. The van der Waals surface area contributed by atoms with E-state index in [-0.39, 0.29) is 18.2 Å². The summed E-state index contributed by atoms with van der Waals surface area (Å²) in [5.74, 6) is 0. The number of thiophene rings is 1. The van der Waals surface area contributed by atoms with Crippen LogP contribution in [-0.4, -0.2) is 34.3 Å². The van der Waals surface area contributed by atoms with Crippen molar-refractivity contribution < 1.29 is 4.74 Å². The van der Waals surface area contributed by atoms with Crippen molar-refractivity contribution in [3.05, 3.63) is 50.9 Å². The van der Waals surface area contributed by atoms with E-state index in [1.807, 2.05) is 18.3 Å². The lowest BCUT2D eigenvalue weighted by Gasteiger charge is -2.28. The second kappa shape index (κ2) is 7.07. The molecular weight excluding hydrogens is 406 g/mol. The zero-order chi connectivity index (χ0) is 16.5. The topological polar surface area (TPSA) is 37.4 Å². The van der Waals surface area contributed by atoms with Gasteiger partial charge in [-0.05, 0) is 59.2 Å². The van der Waals surface area contributed by atoms with Crippen LogP contribution in [0.1, 0.15) is 35.5 Å². The maximum Gasteiger partial charge on any atom is 0.170 e. The van der Waals surface area contributed by atoms with Gasteiger partial charge in [0.1, 0.15) is 0 Å². The number of nitrogens with one attached hydrogen (secondary N) is 1. The maximum absolute atomic E-state index is 5.84. The molecule has 2 fully saturated rings. The van der Waals surface area contributed by atoms with Gasteiger partial charge in [0.2, 0.25) is 0 Å². The van der Waals surface area contributed by atoms with Crippen LogP contribution < -0.4 is 5.32 Å². The van der Waals surface area contributed by atoms with Gasteiger partial charge >= 0.3 is 0 Å². The Hall–Kier alpha value is -1.02. The number of aromatic nitrogens is 1. The van der Waals surface area contributed by atoms with E-state index in [0.717, 1.165) is 41.3 Å². The lowest BCUT2D eigenvalue weighted by Crippen LogP contribution is -2.36. The van der Waals surface area contributed by atoms with Crippen LogP contribution in [0.3, 0.4) is 0 Å². The molecule has 2 aliphatic rings. The number of thiocarbonyl (C=S) groups is 1. The largest absolute Gasteiger partial charge is 0.376 e. The van der Waals surface area contributed by atoms with Gasteiger partial charge < -0.3 is 15.0 Å². The summed E-state index contributed by atoms with van der Waals surface area (Å²) >= 11 is 11.0. The smallest absolute Gasteiger partial charge is 0.170 e. The molecule has 2 saturated heterocycles. The molecular formula is C17H18BrN3OS2. The van der Waals surface area contributed by atoms with Crippen molar-refractivity contribution in [2.24, 2.45) is 0 Å². The molecule has 3 atom stereocenters. The first-order valence-corrected chi connectivity index (χ1v) is 10.1. The number of hydrogen-bond donors (Lipinski definition) is 1. The number of hydrogen-bond acceptors (Lipinski definition) is 4. The number of pyridine rings is 1.